The minimum Gasteiger partial charge on any atom is -0.494 e. The Morgan fingerprint density at radius 2 is 2.25 bits per heavy atom. The maximum Gasteiger partial charge on any atom is 0.318 e. The fourth-order valence-corrected chi connectivity index (χ4v) is 3.61. The van der Waals surface area contributed by atoms with Gasteiger partial charge >= 0.3 is 6.03 Å². The predicted molar refractivity (Wildman–Crippen MR) is 85.5 cm³/mol. The van der Waals surface area contributed by atoms with Crippen molar-refractivity contribution in [1.82, 2.24) is 10.2 Å². The van der Waals surface area contributed by atoms with Crippen molar-refractivity contribution in [3.8, 4) is 5.75 Å². The molecule has 3 rings (SSSR count). The van der Waals surface area contributed by atoms with Crippen LogP contribution in [0.25, 0.3) is 0 Å². The molecule has 0 radical (unpaired) electrons. The summed E-state index contributed by atoms with van der Waals surface area (Å²) in [6.07, 6.45) is 2.00. The van der Waals surface area contributed by atoms with Gasteiger partial charge in [-0.2, -0.15) is 0 Å². The van der Waals surface area contributed by atoms with Crippen molar-refractivity contribution < 1.29 is 23.8 Å². The maximum absolute atomic E-state index is 13.8. The number of aliphatic hydroxyl groups is 1. The smallest absolute Gasteiger partial charge is 0.318 e. The van der Waals surface area contributed by atoms with E-state index in [0.717, 1.165) is 17.5 Å². The summed E-state index contributed by atoms with van der Waals surface area (Å²) in [7, 11) is 3.03. The predicted octanol–water partition coefficient (Wildman–Crippen LogP) is 1.61. The van der Waals surface area contributed by atoms with Crippen LogP contribution in [0.4, 0.5) is 9.18 Å². The summed E-state index contributed by atoms with van der Waals surface area (Å²) in [6, 6.07) is 2.50. The van der Waals surface area contributed by atoms with Crippen LogP contribution in [0.15, 0.2) is 12.1 Å². The Hall–Kier alpha value is -1.86. The first-order valence-electron chi connectivity index (χ1n) is 8.14. The number of rotatable bonds is 4. The Morgan fingerprint density at radius 1 is 1.46 bits per heavy atom. The molecule has 6 nitrogen and oxygen atoms in total. The van der Waals surface area contributed by atoms with Gasteiger partial charge in [0.05, 0.1) is 31.9 Å². The molecule has 1 aromatic rings. The molecule has 1 aliphatic carbocycles. The number of carbonyl (C=O) groups is 1. The van der Waals surface area contributed by atoms with Crippen LogP contribution < -0.4 is 10.1 Å². The molecule has 0 aromatic heterocycles. The Kier molecular flexibility index (Phi) is 4.91. The highest BCUT2D eigenvalue weighted by Gasteiger charge is 2.36. The second-order valence-electron chi connectivity index (χ2n) is 6.31. The molecule has 24 heavy (non-hydrogen) atoms. The van der Waals surface area contributed by atoms with Gasteiger partial charge in [0.2, 0.25) is 0 Å². The zero-order valence-electron chi connectivity index (χ0n) is 13.9. The summed E-state index contributed by atoms with van der Waals surface area (Å²) < 4.78 is 24.1. The van der Waals surface area contributed by atoms with Gasteiger partial charge in [-0.1, -0.05) is 0 Å². The van der Waals surface area contributed by atoms with Gasteiger partial charge in [-0.3, -0.25) is 0 Å². The highest BCUT2D eigenvalue weighted by atomic mass is 19.1. The average molecular weight is 338 g/mol. The zero-order valence-corrected chi connectivity index (χ0v) is 13.9. The molecule has 7 heteroatoms. The molecule has 1 aromatic carbocycles. The highest BCUT2D eigenvalue weighted by Crippen LogP contribution is 2.35. The SMILES string of the molecule is COc1cc2c(cc1F)CCC2NC(=O)N1C[C@H](OC)C[C@H]1CO. The number of nitrogens with zero attached hydrogens (tertiary/aromatic N) is 1. The molecule has 2 aliphatic rings. The third-order valence-corrected chi connectivity index (χ3v) is 4.97. The number of aliphatic hydroxyl groups excluding tert-OH is 1. The zero-order chi connectivity index (χ0) is 17.3. The molecule has 1 heterocycles. The topological polar surface area (TPSA) is 71.0 Å². The molecule has 1 aliphatic heterocycles. The number of hydrogen-bond acceptors (Lipinski definition) is 4. The first kappa shape index (κ1) is 17.0. The maximum atomic E-state index is 13.8. The number of carbonyl (C=O) groups excluding carboxylic acids is 1. The average Bonchev–Trinajstić information content (AvgIpc) is 3.17. The number of methoxy groups -OCH3 is 2. The Balaban J connectivity index is 1.73. The first-order valence-corrected chi connectivity index (χ1v) is 8.14. The molecule has 0 bridgehead atoms. The van der Waals surface area contributed by atoms with Gasteiger partial charge in [0.15, 0.2) is 11.6 Å². The van der Waals surface area contributed by atoms with Crippen LogP contribution in [0.3, 0.4) is 0 Å². The number of amides is 2. The van der Waals surface area contributed by atoms with Crippen molar-refractivity contribution in [3.05, 3.63) is 29.1 Å². The summed E-state index contributed by atoms with van der Waals surface area (Å²) in [5, 5.41) is 12.5. The van der Waals surface area contributed by atoms with E-state index in [1.165, 1.54) is 13.2 Å². The second kappa shape index (κ2) is 6.94. The van der Waals surface area contributed by atoms with Gasteiger partial charge in [-0.05, 0) is 42.5 Å². The van der Waals surface area contributed by atoms with Crippen molar-refractivity contribution in [1.29, 1.82) is 0 Å². The molecule has 3 atom stereocenters. The number of nitrogens with one attached hydrogen (secondary N) is 1. The molecule has 132 valence electrons. The second-order valence-corrected chi connectivity index (χ2v) is 6.31. The Labute approximate surface area is 140 Å². The van der Waals surface area contributed by atoms with Crippen LogP contribution in [0, 0.1) is 5.82 Å². The number of halogens is 1. The molecule has 2 N–H and O–H groups in total. The Bertz CT molecular complexity index is 625. The number of hydrogen-bond donors (Lipinski definition) is 2. The largest absolute Gasteiger partial charge is 0.494 e. The van der Waals surface area contributed by atoms with E-state index >= 15 is 0 Å². The third-order valence-electron chi connectivity index (χ3n) is 4.97. The van der Waals surface area contributed by atoms with Crippen LogP contribution in [0.5, 0.6) is 5.75 Å². The van der Waals surface area contributed by atoms with E-state index in [1.54, 1.807) is 18.1 Å². The van der Waals surface area contributed by atoms with E-state index in [2.05, 4.69) is 5.32 Å². The molecular weight excluding hydrogens is 315 g/mol. The van der Waals surface area contributed by atoms with Crippen molar-refractivity contribution in [2.45, 2.75) is 37.5 Å². The monoisotopic (exact) mass is 338 g/mol. The quantitative estimate of drug-likeness (QED) is 0.875. The van der Waals surface area contributed by atoms with Gasteiger partial charge in [-0.15, -0.1) is 0 Å². The van der Waals surface area contributed by atoms with Crippen molar-refractivity contribution in [3.63, 3.8) is 0 Å². The summed E-state index contributed by atoms with van der Waals surface area (Å²) >= 11 is 0. The normalized spacial score (nSPS) is 25.7. The lowest BCUT2D eigenvalue weighted by molar-refractivity contribution is 0.110. The summed E-state index contributed by atoms with van der Waals surface area (Å²) in [4.78, 5) is 14.2. The van der Waals surface area contributed by atoms with Crippen LogP contribution in [0.2, 0.25) is 0 Å². The van der Waals surface area contributed by atoms with Gasteiger partial charge in [-0.25, -0.2) is 9.18 Å². The van der Waals surface area contributed by atoms with Gasteiger partial charge in [0.1, 0.15) is 0 Å². The van der Waals surface area contributed by atoms with Crippen LogP contribution in [-0.4, -0.2) is 55.6 Å². The van der Waals surface area contributed by atoms with Crippen LogP contribution in [0.1, 0.15) is 30.0 Å². The summed E-state index contributed by atoms with van der Waals surface area (Å²) in [5.74, 6) is -0.199. The molecule has 1 unspecified atom stereocenters. The van der Waals surface area contributed by atoms with E-state index in [9.17, 15) is 14.3 Å². The minimum absolute atomic E-state index is 0.0574. The van der Waals surface area contributed by atoms with Gasteiger partial charge in [0, 0.05) is 13.7 Å². The van der Waals surface area contributed by atoms with E-state index in [0.29, 0.717) is 19.4 Å². The number of urea groups is 1. The lowest BCUT2D eigenvalue weighted by Crippen LogP contribution is -2.45. The fourth-order valence-electron chi connectivity index (χ4n) is 3.61. The molecule has 0 spiro atoms. The van der Waals surface area contributed by atoms with E-state index in [-0.39, 0.29) is 42.4 Å². The molecule has 1 fully saturated rings. The summed E-state index contributed by atoms with van der Waals surface area (Å²) in [5.41, 5.74) is 1.79. The first-order chi connectivity index (χ1) is 11.6. The van der Waals surface area contributed by atoms with Crippen molar-refractivity contribution in [2.24, 2.45) is 0 Å². The number of fused-ring (bicyclic) bond motifs is 1. The lowest BCUT2D eigenvalue weighted by atomic mass is 10.1. The van der Waals surface area contributed by atoms with E-state index < -0.39 is 0 Å². The third kappa shape index (κ3) is 3.06. The number of benzene rings is 1. The molecule has 0 saturated carbocycles. The highest BCUT2D eigenvalue weighted by molar-refractivity contribution is 5.76. The summed E-state index contributed by atoms with van der Waals surface area (Å²) in [6.45, 7) is 0.368. The number of ether oxygens (including phenoxy) is 2. The fraction of sp³-hybridized carbons (Fsp3) is 0.588. The number of aryl methyl sites for hydroxylation is 1. The molecular formula is C17H23FN2O4. The van der Waals surface area contributed by atoms with Crippen molar-refractivity contribution in [2.75, 3.05) is 27.4 Å². The van der Waals surface area contributed by atoms with Gasteiger partial charge in [0.25, 0.3) is 0 Å². The Morgan fingerprint density at radius 3 is 2.92 bits per heavy atom. The van der Waals surface area contributed by atoms with Crippen LogP contribution in [-0.2, 0) is 11.2 Å². The molecule has 1 saturated heterocycles. The minimum atomic E-state index is -0.383. The lowest BCUT2D eigenvalue weighted by Gasteiger charge is -2.25. The van der Waals surface area contributed by atoms with Crippen LogP contribution >= 0.6 is 0 Å². The van der Waals surface area contributed by atoms with E-state index in [4.69, 9.17) is 9.47 Å². The van der Waals surface area contributed by atoms with Gasteiger partial charge < -0.3 is 24.8 Å². The van der Waals surface area contributed by atoms with E-state index in [1.807, 2.05) is 0 Å². The molecule has 2 amide bonds. The standard InChI is InChI=1S/C17H23FN2O4/c1-23-12-6-11(9-21)20(8-12)17(22)19-15-4-3-10-5-14(18)16(24-2)7-13(10)15/h5,7,11-12,15,21H,3-4,6,8-9H2,1-2H3,(H,19,22)/t11-,12+,15?/m0/s1. The number of likely N-dealkylation sites (tertiary alicyclic amines) is 1. The van der Waals surface area contributed by atoms with Crippen molar-refractivity contribution >= 4 is 6.03 Å².